The van der Waals surface area contributed by atoms with Crippen molar-refractivity contribution in [3.8, 4) is 5.75 Å². The molecular formula is C13H15NO3. The Bertz CT molecular complexity index is 442. The van der Waals surface area contributed by atoms with Crippen LogP contribution in [-0.2, 0) is 22.4 Å². The third-order valence-electron chi connectivity index (χ3n) is 2.97. The molecule has 1 aromatic carbocycles. The first-order valence-corrected chi connectivity index (χ1v) is 5.65. The van der Waals surface area contributed by atoms with Crippen LogP contribution in [0.15, 0.2) is 18.2 Å². The van der Waals surface area contributed by atoms with Crippen LogP contribution in [0, 0.1) is 0 Å². The second-order valence-electron chi connectivity index (χ2n) is 4.17. The number of ether oxygens (including phenoxy) is 1. The lowest BCUT2D eigenvalue weighted by Crippen LogP contribution is -2.29. The molecule has 0 radical (unpaired) electrons. The van der Waals surface area contributed by atoms with E-state index < -0.39 is 5.91 Å². The molecule has 1 aliphatic rings. The van der Waals surface area contributed by atoms with E-state index in [1.54, 1.807) is 7.05 Å². The van der Waals surface area contributed by atoms with Crippen molar-refractivity contribution >= 4 is 12.2 Å². The first kappa shape index (κ1) is 11.6. The Morgan fingerprint density at radius 1 is 1.53 bits per heavy atom. The van der Waals surface area contributed by atoms with Gasteiger partial charge in [-0.2, -0.15) is 0 Å². The highest BCUT2D eigenvalue weighted by atomic mass is 16.5. The molecule has 0 aliphatic carbocycles. The summed E-state index contributed by atoms with van der Waals surface area (Å²) in [7, 11) is 1.63. The van der Waals surface area contributed by atoms with Gasteiger partial charge in [0.2, 0.25) is 6.29 Å². The maximum Gasteiger partial charge on any atom is 0.286 e. The van der Waals surface area contributed by atoms with Crippen molar-refractivity contribution in [1.82, 2.24) is 4.90 Å². The molecule has 0 saturated carbocycles. The molecule has 0 aromatic heterocycles. The van der Waals surface area contributed by atoms with Gasteiger partial charge >= 0.3 is 0 Å². The van der Waals surface area contributed by atoms with Gasteiger partial charge in [-0.1, -0.05) is 12.1 Å². The van der Waals surface area contributed by atoms with Crippen molar-refractivity contribution in [2.24, 2.45) is 0 Å². The predicted octanol–water partition coefficient (Wildman–Crippen LogP) is 0.821. The fraction of sp³-hybridized carbons (Fsp3) is 0.385. The third-order valence-corrected chi connectivity index (χ3v) is 2.97. The molecular weight excluding hydrogens is 218 g/mol. The Hall–Kier alpha value is -1.84. The molecule has 1 aromatic rings. The Labute approximate surface area is 100 Å². The zero-order valence-electron chi connectivity index (χ0n) is 9.81. The van der Waals surface area contributed by atoms with Crippen molar-refractivity contribution in [3.63, 3.8) is 0 Å². The Morgan fingerprint density at radius 2 is 2.35 bits per heavy atom. The van der Waals surface area contributed by atoms with Gasteiger partial charge in [-0.05, 0) is 23.6 Å². The second-order valence-corrected chi connectivity index (χ2v) is 4.17. The van der Waals surface area contributed by atoms with E-state index in [1.165, 1.54) is 16.0 Å². The summed E-state index contributed by atoms with van der Waals surface area (Å²) in [5.74, 6) is 0.487. The fourth-order valence-corrected chi connectivity index (χ4v) is 1.89. The summed E-state index contributed by atoms with van der Waals surface area (Å²) in [5, 5.41) is 0. The van der Waals surface area contributed by atoms with Crippen molar-refractivity contribution in [2.45, 2.75) is 12.8 Å². The number of carbonyl (C=O) groups excluding carboxylic acids is 2. The van der Waals surface area contributed by atoms with Crippen LogP contribution in [0.2, 0.25) is 0 Å². The number of benzene rings is 1. The lowest BCUT2D eigenvalue weighted by molar-refractivity contribution is -0.137. The zero-order valence-corrected chi connectivity index (χ0v) is 9.81. The summed E-state index contributed by atoms with van der Waals surface area (Å²) in [6.45, 7) is 1.31. The van der Waals surface area contributed by atoms with E-state index in [1.807, 2.05) is 12.1 Å². The van der Waals surface area contributed by atoms with Gasteiger partial charge in [0.25, 0.3) is 5.91 Å². The molecule has 0 spiro atoms. The van der Waals surface area contributed by atoms with Crippen molar-refractivity contribution in [1.29, 1.82) is 0 Å². The van der Waals surface area contributed by atoms with Crippen molar-refractivity contribution in [2.75, 3.05) is 20.2 Å². The van der Waals surface area contributed by atoms with E-state index in [4.69, 9.17) is 4.74 Å². The summed E-state index contributed by atoms with van der Waals surface area (Å²) in [5.41, 5.74) is 2.40. The lowest BCUT2D eigenvalue weighted by Gasteiger charge is -2.13. The number of carbonyl (C=O) groups is 2. The maximum absolute atomic E-state index is 11.1. The zero-order chi connectivity index (χ0) is 12.3. The monoisotopic (exact) mass is 233 g/mol. The molecule has 0 N–H and O–H groups in total. The Kier molecular flexibility index (Phi) is 3.42. The minimum absolute atomic E-state index is 0.344. The number of likely N-dealkylation sites (N-methyl/N-ethyl adjacent to an activating group) is 1. The van der Waals surface area contributed by atoms with Crippen LogP contribution < -0.4 is 4.74 Å². The van der Waals surface area contributed by atoms with Gasteiger partial charge in [0.1, 0.15) is 5.75 Å². The van der Waals surface area contributed by atoms with E-state index in [9.17, 15) is 9.59 Å². The topological polar surface area (TPSA) is 46.6 Å². The van der Waals surface area contributed by atoms with Gasteiger partial charge in [-0.15, -0.1) is 0 Å². The lowest BCUT2D eigenvalue weighted by atomic mass is 10.1. The number of nitrogens with zero attached hydrogens (tertiary/aromatic N) is 1. The van der Waals surface area contributed by atoms with Crippen LogP contribution in [0.5, 0.6) is 5.75 Å². The van der Waals surface area contributed by atoms with Crippen LogP contribution in [-0.4, -0.2) is 37.3 Å². The third kappa shape index (κ3) is 2.64. The molecule has 1 aliphatic heterocycles. The molecule has 0 unspecified atom stereocenters. The Balaban J connectivity index is 1.95. The quantitative estimate of drug-likeness (QED) is 0.571. The minimum Gasteiger partial charge on any atom is -0.493 e. The van der Waals surface area contributed by atoms with Crippen LogP contribution in [0.25, 0.3) is 0 Å². The normalized spacial score (nSPS) is 12.8. The van der Waals surface area contributed by atoms with E-state index in [-0.39, 0.29) is 0 Å². The first-order chi connectivity index (χ1) is 8.20. The van der Waals surface area contributed by atoms with Crippen LogP contribution in [0.1, 0.15) is 11.1 Å². The van der Waals surface area contributed by atoms with Crippen molar-refractivity contribution in [3.05, 3.63) is 29.3 Å². The molecule has 1 heterocycles. The second kappa shape index (κ2) is 4.99. The number of aldehydes is 1. The molecule has 2 rings (SSSR count). The molecule has 4 heteroatoms. The standard InChI is InChI=1S/C13H15NO3/c1-14(13(16)9-15)6-4-10-2-3-12-11(8-10)5-7-17-12/h2-3,8-9H,4-7H2,1H3. The summed E-state index contributed by atoms with van der Waals surface area (Å²) >= 11 is 0. The fourth-order valence-electron chi connectivity index (χ4n) is 1.89. The van der Waals surface area contributed by atoms with Crippen LogP contribution >= 0.6 is 0 Å². The molecule has 17 heavy (non-hydrogen) atoms. The molecule has 1 amide bonds. The number of hydrogen-bond donors (Lipinski definition) is 0. The molecule has 0 fully saturated rings. The van der Waals surface area contributed by atoms with Gasteiger partial charge in [-0.3, -0.25) is 9.59 Å². The summed E-state index contributed by atoms with van der Waals surface area (Å²) in [6.07, 6.45) is 2.05. The number of amides is 1. The maximum atomic E-state index is 11.1. The highest BCUT2D eigenvalue weighted by Gasteiger charge is 2.12. The van der Waals surface area contributed by atoms with Crippen molar-refractivity contribution < 1.29 is 14.3 Å². The van der Waals surface area contributed by atoms with Gasteiger partial charge in [0.15, 0.2) is 0 Å². The largest absolute Gasteiger partial charge is 0.493 e. The summed E-state index contributed by atoms with van der Waals surface area (Å²) < 4.78 is 5.42. The van der Waals surface area contributed by atoms with Crippen LogP contribution in [0.3, 0.4) is 0 Å². The Morgan fingerprint density at radius 3 is 3.12 bits per heavy atom. The van der Waals surface area contributed by atoms with E-state index in [2.05, 4.69) is 6.07 Å². The highest BCUT2D eigenvalue weighted by Crippen LogP contribution is 2.25. The molecule has 0 saturated heterocycles. The summed E-state index contributed by atoms with van der Waals surface area (Å²) in [4.78, 5) is 22.8. The summed E-state index contributed by atoms with van der Waals surface area (Å²) in [6, 6.07) is 6.09. The number of rotatable bonds is 4. The van der Waals surface area contributed by atoms with Gasteiger partial charge in [0, 0.05) is 20.0 Å². The van der Waals surface area contributed by atoms with Crippen LogP contribution in [0.4, 0.5) is 0 Å². The number of hydrogen-bond acceptors (Lipinski definition) is 3. The van der Waals surface area contributed by atoms with E-state index in [0.29, 0.717) is 12.8 Å². The number of fused-ring (bicyclic) bond motifs is 1. The van der Waals surface area contributed by atoms with Gasteiger partial charge in [-0.25, -0.2) is 0 Å². The minimum atomic E-state index is -0.477. The molecule has 4 nitrogen and oxygen atoms in total. The smallest absolute Gasteiger partial charge is 0.286 e. The molecule has 0 bridgehead atoms. The first-order valence-electron chi connectivity index (χ1n) is 5.65. The molecule has 90 valence electrons. The molecule has 0 atom stereocenters. The van der Waals surface area contributed by atoms with E-state index in [0.717, 1.165) is 25.2 Å². The SMILES string of the molecule is CN(CCc1ccc2c(c1)CCO2)C(=O)C=O. The average Bonchev–Trinajstić information content (AvgIpc) is 2.82. The van der Waals surface area contributed by atoms with E-state index >= 15 is 0 Å². The highest BCUT2D eigenvalue weighted by molar-refractivity contribution is 6.23. The average molecular weight is 233 g/mol. The predicted molar refractivity (Wildman–Crippen MR) is 63.0 cm³/mol. The van der Waals surface area contributed by atoms with Gasteiger partial charge in [0.05, 0.1) is 6.61 Å². The van der Waals surface area contributed by atoms with Gasteiger partial charge < -0.3 is 9.64 Å².